The van der Waals surface area contributed by atoms with E-state index in [0.29, 0.717) is 25.7 Å². The van der Waals surface area contributed by atoms with Gasteiger partial charge in [0.25, 0.3) is 0 Å². The molecule has 0 aromatic rings. The van der Waals surface area contributed by atoms with Gasteiger partial charge in [-0.3, -0.25) is 37.3 Å². The van der Waals surface area contributed by atoms with Crippen molar-refractivity contribution in [2.24, 2.45) is 5.92 Å². The van der Waals surface area contributed by atoms with Crippen LogP contribution in [-0.2, 0) is 65.4 Å². The minimum absolute atomic E-state index is 0.105. The maximum Gasteiger partial charge on any atom is 0.472 e. The fourth-order valence-corrected chi connectivity index (χ4v) is 14.0. The molecule has 0 radical (unpaired) electrons. The van der Waals surface area contributed by atoms with Crippen molar-refractivity contribution < 1.29 is 80.2 Å². The van der Waals surface area contributed by atoms with Crippen LogP contribution in [0.5, 0.6) is 0 Å². The number of hydrogen-bond donors (Lipinski definition) is 3. The zero-order valence-corrected chi connectivity index (χ0v) is 66.4. The van der Waals surface area contributed by atoms with Crippen molar-refractivity contribution >= 4 is 39.5 Å². The number of carbonyl (C=O) groups excluding carboxylic acids is 4. The van der Waals surface area contributed by atoms with Crippen molar-refractivity contribution in [2.45, 2.75) is 445 Å². The molecular weight excluding hydrogens is 1290 g/mol. The summed E-state index contributed by atoms with van der Waals surface area (Å²) in [4.78, 5) is 72.9. The molecule has 0 spiro atoms. The van der Waals surface area contributed by atoms with Crippen LogP contribution in [-0.4, -0.2) is 96.7 Å². The summed E-state index contributed by atoms with van der Waals surface area (Å²) in [6.07, 6.45) is 64.0. The average Bonchev–Trinajstić information content (AvgIpc) is 0.987. The van der Waals surface area contributed by atoms with Crippen LogP contribution in [0.3, 0.4) is 0 Å². The predicted octanol–water partition coefficient (Wildman–Crippen LogP) is 24.0. The monoisotopic (exact) mass is 1450 g/mol. The quantitative estimate of drug-likeness (QED) is 0.0222. The van der Waals surface area contributed by atoms with Gasteiger partial charge in [-0.2, -0.15) is 0 Å². The average molecular weight is 1450 g/mol. The van der Waals surface area contributed by atoms with Crippen LogP contribution < -0.4 is 0 Å². The third-order valence-corrected chi connectivity index (χ3v) is 21.0. The predicted molar refractivity (Wildman–Crippen MR) is 405 cm³/mol. The van der Waals surface area contributed by atoms with Gasteiger partial charge in [-0.05, 0) is 31.6 Å². The van der Waals surface area contributed by atoms with Crippen molar-refractivity contribution in [3.8, 4) is 0 Å². The van der Waals surface area contributed by atoms with E-state index in [0.717, 1.165) is 102 Å². The van der Waals surface area contributed by atoms with E-state index in [1.807, 2.05) is 0 Å². The van der Waals surface area contributed by atoms with Gasteiger partial charge in [0, 0.05) is 25.7 Å². The highest BCUT2D eigenvalue weighted by atomic mass is 31.2. The Bertz CT molecular complexity index is 1890. The fraction of sp³-hybridized carbons (Fsp3) is 0.950. The molecule has 0 bridgehead atoms. The summed E-state index contributed by atoms with van der Waals surface area (Å²) in [5.74, 6) is -1.34. The van der Waals surface area contributed by atoms with Gasteiger partial charge >= 0.3 is 39.5 Å². The highest BCUT2D eigenvalue weighted by molar-refractivity contribution is 7.47. The Balaban J connectivity index is 5.19. The molecule has 0 rings (SSSR count). The standard InChI is InChI=1S/C80H156O17P2/c1-6-10-13-16-19-22-24-26-28-30-32-34-36-38-40-42-44-50-55-60-65-79(84)96-76(70-91-78(83)64-59-54-49-43-41-39-37-35-33-31-29-27-25-23-20-17-14-11-7-2)72-95-99(88,89)93-68-74(81)67-92-98(86,87)94-71-75(69-90-77(82)63-58-53-48-21-18-15-12-8-3)97-80(85)66-61-56-51-46-45-47-52-57-62-73(5)9-4/h73-76,81H,6-72H2,1-5H3,(H,86,87)(H,88,89)/t73?,74-,75+,76+/m0/s1. The molecular formula is C80H156O17P2. The van der Waals surface area contributed by atoms with E-state index in [4.69, 9.17) is 37.0 Å². The Morgan fingerprint density at radius 3 is 0.717 bits per heavy atom. The first-order valence-corrected chi connectivity index (χ1v) is 44.7. The van der Waals surface area contributed by atoms with Gasteiger partial charge in [0.1, 0.15) is 19.3 Å². The summed E-state index contributed by atoms with van der Waals surface area (Å²) in [6, 6.07) is 0. The van der Waals surface area contributed by atoms with Crippen LogP contribution >= 0.6 is 15.6 Å². The number of esters is 4. The number of aliphatic hydroxyl groups is 1. The highest BCUT2D eigenvalue weighted by Crippen LogP contribution is 2.45. The van der Waals surface area contributed by atoms with Gasteiger partial charge < -0.3 is 33.8 Å². The second kappa shape index (κ2) is 73.0. The molecule has 0 amide bonds. The molecule has 0 aliphatic rings. The second-order valence-corrected chi connectivity index (χ2v) is 32.0. The van der Waals surface area contributed by atoms with E-state index < -0.39 is 97.5 Å². The van der Waals surface area contributed by atoms with Gasteiger partial charge in [0.2, 0.25) is 0 Å². The number of phosphoric acid groups is 2. The number of phosphoric ester groups is 2. The lowest BCUT2D eigenvalue weighted by Crippen LogP contribution is -2.30. The second-order valence-electron chi connectivity index (χ2n) is 29.1. The topological polar surface area (TPSA) is 237 Å². The van der Waals surface area contributed by atoms with Gasteiger partial charge in [-0.25, -0.2) is 9.13 Å². The molecule has 588 valence electrons. The van der Waals surface area contributed by atoms with Gasteiger partial charge in [-0.15, -0.1) is 0 Å². The molecule has 0 aromatic carbocycles. The number of aliphatic hydroxyl groups excluding tert-OH is 1. The van der Waals surface area contributed by atoms with Crippen LogP contribution in [0, 0.1) is 5.92 Å². The molecule has 0 aromatic heterocycles. The maximum absolute atomic E-state index is 13.1. The first-order valence-electron chi connectivity index (χ1n) is 41.7. The summed E-state index contributed by atoms with van der Waals surface area (Å²) in [5.41, 5.74) is 0. The summed E-state index contributed by atoms with van der Waals surface area (Å²) in [7, 11) is -9.91. The molecule has 0 aliphatic carbocycles. The third kappa shape index (κ3) is 72.8. The molecule has 99 heavy (non-hydrogen) atoms. The Morgan fingerprint density at radius 1 is 0.283 bits per heavy atom. The normalized spacial score (nSPS) is 14.1. The minimum atomic E-state index is -4.96. The Labute approximate surface area is 607 Å². The van der Waals surface area contributed by atoms with Crippen LogP contribution in [0.2, 0.25) is 0 Å². The zero-order chi connectivity index (χ0) is 72.7. The largest absolute Gasteiger partial charge is 0.472 e. The number of rotatable bonds is 80. The maximum atomic E-state index is 13.1. The van der Waals surface area contributed by atoms with Crippen molar-refractivity contribution in [3.05, 3.63) is 0 Å². The smallest absolute Gasteiger partial charge is 0.462 e. The van der Waals surface area contributed by atoms with Crippen LogP contribution in [0.15, 0.2) is 0 Å². The molecule has 0 heterocycles. The highest BCUT2D eigenvalue weighted by Gasteiger charge is 2.30. The summed E-state index contributed by atoms with van der Waals surface area (Å²) >= 11 is 0. The third-order valence-electron chi connectivity index (χ3n) is 19.1. The fourth-order valence-electron chi connectivity index (χ4n) is 12.4. The van der Waals surface area contributed by atoms with Crippen molar-refractivity contribution in [1.82, 2.24) is 0 Å². The van der Waals surface area contributed by atoms with E-state index >= 15 is 0 Å². The lowest BCUT2D eigenvalue weighted by Gasteiger charge is -2.21. The van der Waals surface area contributed by atoms with Gasteiger partial charge in [-0.1, -0.05) is 375 Å². The van der Waals surface area contributed by atoms with Crippen LogP contribution in [0.1, 0.15) is 426 Å². The summed E-state index contributed by atoms with van der Waals surface area (Å²) < 4.78 is 68.6. The van der Waals surface area contributed by atoms with Crippen LogP contribution in [0.4, 0.5) is 0 Å². The molecule has 3 N–H and O–H groups in total. The molecule has 0 aliphatic heterocycles. The van der Waals surface area contributed by atoms with E-state index in [9.17, 15) is 43.2 Å². The first-order chi connectivity index (χ1) is 48.1. The molecule has 19 heteroatoms. The Morgan fingerprint density at radius 2 is 0.485 bits per heavy atom. The molecule has 6 atom stereocenters. The number of hydrogen-bond acceptors (Lipinski definition) is 15. The van der Waals surface area contributed by atoms with E-state index in [1.165, 1.54) is 244 Å². The van der Waals surface area contributed by atoms with Crippen molar-refractivity contribution in [1.29, 1.82) is 0 Å². The Hall–Kier alpha value is -1.94. The summed E-state index contributed by atoms with van der Waals surface area (Å²) in [6.45, 7) is 7.28. The summed E-state index contributed by atoms with van der Waals surface area (Å²) in [5, 5.41) is 10.6. The number of ether oxygens (including phenoxy) is 4. The molecule has 0 fully saturated rings. The first kappa shape index (κ1) is 97.1. The van der Waals surface area contributed by atoms with E-state index in [1.54, 1.807) is 0 Å². The minimum Gasteiger partial charge on any atom is -0.462 e. The number of unbranched alkanes of at least 4 members (excludes halogenated alkanes) is 51. The van der Waals surface area contributed by atoms with Crippen LogP contribution in [0.25, 0.3) is 0 Å². The lowest BCUT2D eigenvalue weighted by atomic mass is 9.99. The Kier molecular flexibility index (Phi) is 71.6. The van der Waals surface area contributed by atoms with Crippen molar-refractivity contribution in [3.63, 3.8) is 0 Å². The number of carbonyl (C=O) groups is 4. The van der Waals surface area contributed by atoms with E-state index in [-0.39, 0.29) is 25.7 Å². The SMILES string of the molecule is CCCCCCCCCCCCCCCCCCCCCCC(=O)O[C@H](COC(=O)CCCCCCCCCCCCCCCCCCCCC)COP(=O)(O)OC[C@@H](O)COP(=O)(O)OC[C@@H](COC(=O)CCCCCCCCCC)OC(=O)CCCCCCCCCCC(C)CC. The van der Waals surface area contributed by atoms with E-state index in [2.05, 4.69) is 34.6 Å². The van der Waals surface area contributed by atoms with Gasteiger partial charge in [0.15, 0.2) is 12.2 Å². The van der Waals surface area contributed by atoms with Gasteiger partial charge in [0.05, 0.1) is 26.4 Å². The molecule has 0 saturated heterocycles. The molecule has 3 unspecified atom stereocenters. The molecule has 17 nitrogen and oxygen atoms in total. The van der Waals surface area contributed by atoms with Crippen molar-refractivity contribution in [2.75, 3.05) is 39.6 Å². The molecule has 0 saturated carbocycles. The lowest BCUT2D eigenvalue weighted by molar-refractivity contribution is -0.161. The zero-order valence-electron chi connectivity index (χ0n) is 64.6.